The quantitative estimate of drug-likeness (QED) is 0.394. The van der Waals surface area contributed by atoms with Gasteiger partial charge in [0.25, 0.3) is 6.02 Å². The molecule has 4 heterocycles. The highest BCUT2D eigenvalue weighted by Crippen LogP contribution is 2.30. The Labute approximate surface area is 259 Å². The summed E-state index contributed by atoms with van der Waals surface area (Å²) >= 11 is 1.60. The Morgan fingerprint density at radius 1 is 1.07 bits per heavy atom. The summed E-state index contributed by atoms with van der Waals surface area (Å²) in [4.78, 5) is 39.2. The SMILES string of the molecule is C[C@@H]1N=C(N2CCN(C(=O)C(N)CCCCN3CCCCC3)C(C(=O)NCc3cccs3)C2)O[C@H]1c1ccccc1.Cl. The lowest BCUT2D eigenvalue weighted by molar-refractivity contribution is -0.144. The van der Waals surface area contributed by atoms with Crippen molar-refractivity contribution in [3.8, 4) is 0 Å². The Hall–Kier alpha value is -2.66. The summed E-state index contributed by atoms with van der Waals surface area (Å²) in [5, 5.41) is 5.04. The van der Waals surface area contributed by atoms with E-state index in [1.54, 1.807) is 16.2 Å². The molecule has 3 aliphatic heterocycles. The van der Waals surface area contributed by atoms with Gasteiger partial charge in [0.1, 0.15) is 12.1 Å². The molecule has 11 heteroatoms. The molecule has 0 radical (unpaired) electrons. The molecule has 42 heavy (non-hydrogen) atoms. The van der Waals surface area contributed by atoms with Gasteiger partial charge in [-0.05, 0) is 69.3 Å². The molecule has 0 spiro atoms. The number of hydrogen-bond donors (Lipinski definition) is 2. The second-order valence-corrected chi connectivity index (χ2v) is 12.4. The van der Waals surface area contributed by atoms with Gasteiger partial charge in [-0.15, -0.1) is 23.7 Å². The molecule has 0 bridgehead atoms. The Balaban J connectivity index is 0.00000405. The first kappa shape index (κ1) is 32.3. The van der Waals surface area contributed by atoms with Crippen molar-refractivity contribution in [3.05, 3.63) is 58.3 Å². The first-order valence-electron chi connectivity index (χ1n) is 15.1. The van der Waals surface area contributed by atoms with Crippen LogP contribution in [0.2, 0.25) is 0 Å². The highest BCUT2D eigenvalue weighted by Gasteiger charge is 2.40. The molecule has 5 rings (SSSR count). The Morgan fingerprint density at radius 2 is 1.86 bits per heavy atom. The van der Waals surface area contributed by atoms with Crippen LogP contribution in [0.25, 0.3) is 0 Å². The van der Waals surface area contributed by atoms with E-state index in [0.29, 0.717) is 38.6 Å². The van der Waals surface area contributed by atoms with Crippen molar-refractivity contribution in [2.45, 2.75) is 76.2 Å². The van der Waals surface area contributed by atoms with E-state index >= 15 is 0 Å². The van der Waals surface area contributed by atoms with Crippen LogP contribution in [-0.2, 0) is 20.9 Å². The monoisotopic (exact) mass is 616 g/mol. The third-order valence-electron chi connectivity index (χ3n) is 8.37. The average molecular weight is 617 g/mol. The van der Waals surface area contributed by atoms with Crippen LogP contribution in [0, 0.1) is 0 Å². The molecule has 2 saturated heterocycles. The number of carbonyl (C=O) groups is 2. The lowest BCUT2D eigenvalue weighted by Crippen LogP contribution is -2.63. The molecule has 2 fully saturated rings. The molecule has 2 aromatic rings. The van der Waals surface area contributed by atoms with Crippen LogP contribution in [-0.4, -0.2) is 89.9 Å². The molecule has 4 atom stereocenters. The van der Waals surface area contributed by atoms with Gasteiger partial charge in [-0.25, -0.2) is 4.99 Å². The number of amidine groups is 1. The fourth-order valence-corrected chi connectivity index (χ4v) is 6.64. The number of hydrogen-bond acceptors (Lipinski definition) is 8. The number of nitrogens with zero attached hydrogens (tertiary/aromatic N) is 4. The van der Waals surface area contributed by atoms with Crippen molar-refractivity contribution >= 4 is 41.6 Å². The van der Waals surface area contributed by atoms with Crippen LogP contribution in [0.1, 0.15) is 62.0 Å². The maximum Gasteiger partial charge on any atom is 0.288 e. The number of rotatable bonds is 10. The van der Waals surface area contributed by atoms with Gasteiger partial charge in [0.05, 0.1) is 25.2 Å². The molecule has 0 saturated carbocycles. The first-order chi connectivity index (χ1) is 20.0. The average Bonchev–Trinajstić information content (AvgIpc) is 3.68. The van der Waals surface area contributed by atoms with Crippen LogP contribution in [0.5, 0.6) is 0 Å². The number of likely N-dealkylation sites (tertiary alicyclic amines) is 1. The maximum absolute atomic E-state index is 13.6. The highest BCUT2D eigenvalue weighted by molar-refractivity contribution is 7.09. The van der Waals surface area contributed by atoms with E-state index in [1.165, 1.54) is 32.4 Å². The Bertz CT molecular complexity index is 1160. The molecule has 230 valence electrons. The number of piperazine rings is 1. The summed E-state index contributed by atoms with van der Waals surface area (Å²) in [6, 6.07) is 13.2. The van der Waals surface area contributed by atoms with Crippen molar-refractivity contribution < 1.29 is 14.3 Å². The predicted octanol–water partition coefficient (Wildman–Crippen LogP) is 3.80. The van der Waals surface area contributed by atoms with Gasteiger partial charge in [0, 0.05) is 18.0 Å². The molecule has 3 N–H and O–H groups in total. The second kappa shape index (κ2) is 15.7. The van der Waals surface area contributed by atoms with Gasteiger partial charge in [-0.3, -0.25) is 9.59 Å². The van der Waals surface area contributed by atoms with E-state index in [9.17, 15) is 9.59 Å². The molecule has 1 aromatic heterocycles. The van der Waals surface area contributed by atoms with E-state index in [4.69, 9.17) is 15.5 Å². The van der Waals surface area contributed by atoms with Crippen LogP contribution >= 0.6 is 23.7 Å². The lowest BCUT2D eigenvalue weighted by Gasteiger charge is -2.41. The number of halogens is 1. The summed E-state index contributed by atoms with van der Waals surface area (Å²) in [6.07, 6.45) is 6.29. The fraction of sp³-hybridized carbons (Fsp3) is 0.581. The molecule has 3 aliphatic rings. The molecular formula is C31H45ClN6O3S. The van der Waals surface area contributed by atoms with Crippen LogP contribution < -0.4 is 11.1 Å². The molecular weight excluding hydrogens is 572 g/mol. The van der Waals surface area contributed by atoms with Gasteiger partial charge < -0.3 is 30.5 Å². The Kier molecular flexibility index (Phi) is 12.1. The van der Waals surface area contributed by atoms with Crippen molar-refractivity contribution in [1.29, 1.82) is 0 Å². The van der Waals surface area contributed by atoms with Crippen LogP contribution in [0.3, 0.4) is 0 Å². The van der Waals surface area contributed by atoms with Crippen molar-refractivity contribution in [3.63, 3.8) is 0 Å². The van der Waals surface area contributed by atoms with E-state index < -0.39 is 12.1 Å². The van der Waals surface area contributed by atoms with Gasteiger partial charge >= 0.3 is 0 Å². The van der Waals surface area contributed by atoms with Crippen LogP contribution in [0.15, 0.2) is 52.8 Å². The van der Waals surface area contributed by atoms with E-state index in [2.05, 4.69) is 10.2 Å². The number of unbranched alkanes of at least 4 members (excludes halogenated alkanes) is 1. The highest BCUT2D eigenvalue weighted by atomic mass is 35.5. The van der Waals surface area contributed by atoms with Crippen molar-refractivity contribution in [2.75, 3.05) is 39.3 Å². The van der Waals surface area contributed by atoms with E-state index in [1.807, 2.05) is 59.7 Å². The fourth-order valence-electron chi connectivity index (χ4n) is 6.00. The van der Waals surface area contributed by atoms with Gasteiger partial charge in [0.2, 0.25) is 11.8 Å². The Morgan fingerprint density at radius 3 is 2.60 bits per heavy atom. The smallest absolute Gasteiger partial charge is 0.288 e. The number of aliphatic imine (C=N–C) groups is 1. The maximum atomic E-state index is 13.6. The lowest BCUT2D eigenvalue weighted by atomic mass is 10.0. The van der Waals surface area contributed by atoms with E-state index in [0.717, 1.165) is 29.8 Å². The van der Waals surface area contributed by atoms with Crippen molar-refractivity contribution in [2.24, 2.45) is 10.7 Å². The molecule has 2 amide bonds. The molecule has 1 aromatic carbocycles. The zero-order valence-corrected chi connectivity index (χ0v) is 26.2. The summed E-state index contributed by atoms with van der Waals surface area (Å²) in [5.74, 6) is -0.330. The second-order valence-electron chi connectivity index (χ2n) is 11.4. The summed E-state index contributed by atoms with van der Waals surface area (Å²) in [7, 11) is 0. The number of benzene rings is 1. The van der Waals surface area contributed by atoms with E-state index in [-0.39, 0.29) is 36.4 Å². The molecule has 2 unspecified atom stereocenters. The minimum absolute atomic E-state index is 0. The van der Waals surface area contributed by atoms with Crippen molar-refractivity contribution in [1.82, 2.24) is 20.0 Å². The third-order valence-corrected chi connectivity index (χ3v) is 9.25. The topological polar surface area (TPSA) is 103 Å². The standard InChI is InChI=1S/C31H44N6O3S.ClH/c1-23-28(24-11-4-2-5-12-24)40-31(34-23)36-18-19-37(27(22-36)29(38)33-21-25-13-10-20-41-25)30(39)26(32)14-6-9-17-35-15-7-3-8-16-35;/h2,4-5,10-13,20,23,26-28H,3,6-9,14-19,21-22,32H2,1H3,(H,33,38);1H/t23-,26?,27?,28+;/m0./s1. The number of thiophene rings is 1. The minimum atomic E-state index is -0.673. The number of amides is 2. The third kappa shape index (κ3) is 8.24. The van der Waals surface area contributed by atoms with Crippen LogP contribution in [0.4, 0.5) is 0 Å². The zero-order valence-electron chi connectivity index (χ0n) is 24.5. The summed E-state index contributed by atoms with van der Waals surface area (Å²) in [5.41, 5.74) is 7.51. The number of nitrogens with two attached hydrogens (primary N) is 1. The number of ether oxygens (including phenoxy) is 1. The molecule has 0 aliphatic carbocycles. The number of carbonyl (C=O) groups excluding carboxylic acids is 2. The zero-order chi connectivity index (χ0) is 28.6. The van der Waals surface area contributed by atoms with Gasteiger partial charge in [0.15, 0.2) is 0 Å². The number of piperidine rings is 1. The normalized spacial score (nSPS) is 23.5. The molecule has 9 nitrogen and oxygen atoms in total. The largest absolute Gasteiger partial charge is 0.455 e. The minimum Gasteiger partial charge on any atom is -0.455 e. The van der Waals surface area contributed by atoms with Gasteiger partial charge in [-0.1, -0.05) is 49.2 Å². The van der Waals surface area contributed by atoms with Gasteiger partial charge in [-0.2, -0.15) is 0 Å². The first-order valence-corrected chi connectivity index (χ1v) is 16.0. The summed E-state index contributed by atoms with van der Waals surface area (Å²) < 4.78 is 6.32. The number of nitrogens with one attached hydrogen (secondary N) is 1. The summed E-state index contributed by atoms with van der Waals surface area (Å²) in [6.45, 7) is 7.14. The predicted molar refractivity (Wildman–Crippen MR) is 170 cm³/mol.